The molecule has 1 heterocycles. The predicted molar refractivity (Wildman–Crippen MR) is 107 cm³/mol. The van der Waals surface area contributed by atoms with Gasteiger partial charge in [-0.05, 0) is 68.5 Å². The Balaban J connectivity index is 1.66. The molecule has 0 spiro atoms. The van der Waals surface area contributed by atoms with Gasteiger partial charge >= 0.3 is 0 Å². The van der Waals surface area contributed by atoms with Crippen LogP contribution >= 0.6 is 11.6 Å². The number of aryl methyl sites for hydroxylation is 3. The number of hydrogen-bond donors (Lipinski definition) is 1. The Morgan fingerprint density at radius 3 is 2.52 bits per heavy atom. The molecule has 3 aromatic rings. The summed E-state index contributed by atoms with van der Waals surface area (Å²) in [5.74, 6) is 0.806. The summed E-state index contributed by atoms with van der Waals surface area (Å²) in [6, 6.07) is 14.5. The van der Waals surface area contributed by atoms with E-state index in [1.165, 1.54) is 0 Å². The fourth-order valence-corrected chi connectivity index (χ4v) is 3.87. The maximum Gasteiger partial charge on any atom is 0.141 e. The molecule has 1 aliphatic rings. The summed E-state index contributed by atoms with van der Waals surface area (Å²) in [6.07, 6.45) is 1.77. The fraction of sp³-hybridized carbons (Fsp3) is 0.273. The predicted octanol–water partition coefficient (Wildman–Crippen LogP) is 6.22. The number of nitrogens with zero attached hydrogens (tertiary/aromatic N) is 2. The third-order valence-corrected chi connectivity index (χ3v) is 5.60. The van der Waals surface area contributed by atoms with E-state index in [1.54, 1.807) is 0 Å². The van der Waals surface area contributed by atoms with E-state index in [1.807, 2.05) is 32.0 Å². The van der Waals surface area contributed by atoms with E-state index in [9.17, 15) is 5.26 Å². The third kappa shape index (κ3) is 3.09. The Bertz CT molecular complexity index is 1050. The lowest BCUT2D eigenvalue weighted by Gasteiger charge is -2.14. The van der Waals surface area contributed by atoms with E-state index >= 15 is 0 Å². The van der Waals surface area contributed by atoms with Gasteiger partial charge in [0.2, 0.25) is 0 Å². The van der Waals surface area contributed by atoms with Crippen molar-refractivity contribution in [2.75, 3.05) is 5.32 Å². The average molecular weight is 378 g/mol. The van der Waals surface area contributed by atoms with Crippen LogP contribution in [0, 0.1) is 32.1 Å². The first kappa shape index (κ1) is 17.6. The molecule has 0 bridgehead atoms. The summed E-state index contributed by atoms with van der Waals surface area (Å²) in [6.45, 7) is 5.92. The highest BCUT2D eigenvalue weighted by Gasteiger charge is 2.46. The minimum Gasteiger partial charge on any atom is -0.361 e. The summed E-state index contributed by atoms with van der Waals surface area (Å²) in [5, 5.41) is 17.5. The molecule has 4 rings (SSSR count). The molecular formula is C22H20ClN3O. The quantitative estimate of drug-likeness (QED) is 0.586. The van der Waals surface area contributed by atoms with Crippen LogP contribution in [0.2, 0.25) is 5.02 Å². The minimum absolute atomic E-state index is 0.380. The normalized spacial score (nSPS) is 14.6. The zero-order valence-corrected chi connectivity index (χ0v) is 16.3. The number of rotatable bonds is 4. The molecule has 5 heteroatoms. The zero-order chi connectivity index (χ0) is 19.2. The molecule has 2 aromatic carbocycles. The number of nitriles is 1. The molecule has 1 N–H and O–H groups in total. The van der Waals surface area contributed by atoms with Gasteiger partial charge in [-0.15, -0.1) is 0 Å². The molecule has 1 aromatic heterocycles. The van der Waals surface area contributed by atoms with E-state index in [2.05, 4.69) is 41.7 Å². The second-order valence-electron chi connectivity index (χ2n) is 7.24. The van der Waals surface area contributed by atoms with Crippen molar-refractivity contribution in [3.8, 4) is 17.2 Å². The van der Waals surface area contributed by atoms with Crippen LogP contribution in [0.4, 0.5) is 11.4 Å². The monoisotopic (exact) mass is 377 g/mol. The van der Waals surface area contributed by atoms with Crippen LogP contribution in [-0.2, 0) is 5.41 Å². The number of halogens is 1. The van der Waals surface area contributed by atoms with E-state index in [0.717, 1.165) is 57.9 Å². The first-order chi connectivity index (χ1) is 12.9. The summed E-state index contributed by atoms with van der Waals surface area (Å²) < 4.78 is 5.30. The first-order valence-corrected chi connectivity index (χ1v) is 9.33. The van der Waals surface area contributed by atoms with E-state index < -0.39 is 0 Å². The van der Waals surface area contributed by atoms with E-state index in [0.29, 0.717) is 5.02 Å². The Hall–Kier alpha value is -2.77. The highest BCUT2D eigenvalue weighted by Crippen LogP contribution is 2.50. The number of anilines is 2. The summed E-state index contributed by atoms with van der Waals surface area (Å²) in [5.41, 5.74) is 6.53. The lowest BCUT2D eigenvalue weighted by atomic mass is 9.97. The van der Waals surface area contributed by atoms with Crippen LogP contribution in [0.15, 0.2) is 40.9 Å². The summed E-state index contributed by atoms with van der Waals surface area (Å²) in [4.78, 5) is 0. The van der Waals surface area contributed by atoms with Crippen LogP contribution in [0.3, 0.4) is 0 Å². The molecule has 0 amide bonds. The molecule has 1 fully saturated rings. The molecule has 1 saturated carbocycles. The molecule has 1 aliphatic carbocycles. The van der Waals surface area contributed by atoms with Gasteiger partial charge in [0.05, 0.1) is 17.2 Å². The molecule has 0 radical (unpaired) electrons. The van der Waals surface area contributed by atoms with Crippen molar-refractivity contribution in [3.05, 3.63) is 64.0 Å². The standard InChI is InChI=1S/C22H20ClN3O/c1-13-4-5-16(21-14(2)26-27-15(21)3)10-20(13)25-17-6-7-18(19(23)11-17)22(12-24)8-9-22/h4-7,10-11,25H,8-9H2,1-3H3. The van der Waals surface area contributed by atoms with Crippen molar-refractivity contribution < 1.29 is 4.52 Å². The van der Waals surface area contributed by atoms with Gasteiger partial charge in [-0.1, -0.05) is 35.0 Å². The summed E-state index contributed by atoms with van der Waals surface area (Å²) in [7, 11) is 0. The van der Waals surface area contributed by atoms with Crippen molar-refractivity contribution in [2.24, 2.45) is 0 Å². The van der Waals surface area contributed by atoms with Crippen molar-refractivity contribution in [3.63, 3.8) is 0 Å². The fourth-order valence-electron chi connectivity index (χ4n) is 3.51. The zero-order valence-electron chi connectivity index (χ0n) is 15.6. The molecule has 136 valence electrons. The van der Waals surface area contributed by atoms with Gasteiger partial charge in [0.1, 0.15) is 5.76 Å². The van der Waals surface area contributed by atoms with Crippen LogP contribution in [0.25, 0.3) is 11.1 Å². The average Bonchev–Trinajstić information content (AvgIpc) is 3.37. The molecule has 0 atom stereocenters. The van der Waals surface area contributed by atoms with Crippen LogP contribution in [-0.4, -0.2) is 5.16 Å². The third-order valence-electron chi connectivity index (χ3n) is 5.29. The second kappa shape index (κ2) is 6.44. The van der Waals surface area contributed by atoms with Gasteiger partial charge in [0.25, 0.3) is 0 Å². The highest BCUT2D eigenvalue weighted by molar-refractivity contribution is 6.31. The van der Waals surface area contributed by atoms with Crippen LogP contribution < -0.4 is 5.32 Å². The molecule has 0 saturated heterocycles. The Labute approximate surface area is 163 Å². The van der Waals surface area contributed by atoms with Gasteiger partial charge in [-0.25, -0.2) is 0 Å². The Kier molecular flexibility index (Phi) is 4.20. The van der Waals surface area contributed by atoms with Crippen LogP contribution in [0.1, 0.15) is 35.4 Å². The molecule has 0 aliphatic heterocycles. The SMILES string of the molecule is Cc1ccc(-c2c(C)noc2C)cc1Nc1ccc(C2(C#N)CC2)c(Cl)c1. The van der Waals surface area contributed by atoms with Gasteiger partial charge in [-0.2, -0.15) is 5.26 Å². The van der Waals surface area contributed by atoms with Gasteiger partial charge in [0.15, 0.2) is 0 Å². The van der Waals surface area contributed by atoms with Crippen molar-refractivity contribution in [2.45, 2.75) is 39.0 Å². The maximum absolute atomic E-state index is 9.40. The molecule has 27 heavy (non-hydrogen) atoms. The van der Waals surface area contributed by atoms with Crippen molar-refractivity contribution in [1.82, 2.24) is 5.16 Å². The number of aromatic nitrogens is 1. The van der Waals surface area contributed by atoms with Gasteiger partial charge in [-0.3, -0.25) is 0 Å². The smallest absolute Gasteiger partial charge is 0.141 e. The number of benzene rings is 2. The Morgan fingerprint density at radius 2 is 1.93 bits per heavy atom. The first-order valence-electron chi connectivity index (χ1n) is 8.96. The van der Waals surface area contributed by atoms with Crippen molar-refractivity contribution >= 4 is 23.0 Å². The highest BCUT2D eigenvalue weighted by atomic mass is 35.5. The van der Waals surface area contributed by atoms with Crippen LogP contribution in [0.5, 0.6) is 0 Å². The summed E-state index contributed by atoms with van der Waals surface area (Å²) >= 11 is 6.48. The molecule has 0 unspecified atom stereocenters. The molecule has 4 nitrogen and oxygen atoms in total. The Morgan fingerprint density at radius 1 is 1.15 bits per heavy atom. The van der Waals surface area contributed by atoms with Crippen molar-refractivity contribution in [1.29, 1.82) is 5.26 Å². The lowest BCUT2D eigenvalue weighted by Crippen LogP contribution is -2.04. The number of nitrogens with one attached hydrogen (secondary N) is 1. The second-order valence-corrected chi connectivity index (χ2v) is 7.65. The lowest BCUT2D eigenvalue weighted by molar-refractivity contribution is 0.393. The van der Waals surface area contributed by atoms with Gasteiger partial charge in [0, 0.05) is 22.0 Å². The van der Waals surface area contributed by atoms with E-state index in [-0.39, 0.29) is 5.41 Å². The van der Waals surface area contributed by atoms with Gasteiger partial charge < -0.3 is 9.84 Å². The largest absolute Gasteiger partial charge is 0.361 e. The van der Waals surface area contributed by atoms with E-state index in [4.69, 9.17) is 16.1 Å². The number of hydrogen-bond acceptors (Lipinski definition) is 4. The topological polar surface area (TPSA) is 61.9 Å². The minimum atomic E-state index is -0.380. The molecular weight excluding hydrogens is 358 g/mol. The maximum atomic E-state index is 9.40.